The number of aryl methyl sites for hydroxylation is 1. The van der Waals surface area contributed by atoms with Crippen molar-refractivity contribution in [3.63, 3.8) is 0 Å². The van der Waals surface area contributed by atoms with Crippen LogP contribution in [0.5, 0.6) is 0 Å². The second kappa shape index (κ2) is 13.3. The Bertz CT molecular complexity index is 745. The number of nitrogens with zero attached hydrogens (tertiary/aromatic N) is 2. The fraction of sp³-hybridized carbons (Fsp3) is 0.455. The summed E-state index contributed by atoms with van der Waals surface area (Å²) in [6, 6.07) is 10.6. The van der Waals surface area contributed by atoms with E-state index in [4.69, 9.17) is 12.2 Å². The van der Waals surface area contributed by atoms with Gasteiger partial charge in [-0.15, -0.1) is 0 Å². The number of benzene rings is 1. The molecule has 1 heterocycles. The Hall–Kier alpha value is -1.94. The minimum Gasteiger partial charge on any atom is -0.301 e. The normalized spacial score (nSPS) is 9.96. The first-order chi connectivity index (χ1) is 12.3. The molecule has 0 amide bonds. The fourth-order valence-corrected chi connectivity index (χ4v) is 2.36. The van der Waals surface area contributed by atoms with Crippen molar-refractivity contribution in [3.8, 4) is 0 Å². The van der Waals surface area contributed by atoms with E-state index in [0.29, 0.717) is 4.64 Å². The average molecular weight is 375 g/mol. The van der Waals surface area contributed by atoms with Crippen LogP contribution in [0.4, 0.5) is 0 Å². The summed E-state index contributed by atoms with van der Waals surface area (Å²) in [7, 11) is 3.44. The van der Waals surface area contributed by atoms with Crippen molar-refractivity contribution in [1.29, 1.82) is 0 Å². The number of hydrogen-bond donors (Lipinski definition) is 0. The van der Waals surface area contributed by atoms with Gasteiger partial charge in [-0.05, 0) is 46.1 Å². The van der Waals surface area contributed by atoms with Crippen LogP contribution in [0, 0.1) is 18.5 Å². The van der Waals surface area contributed by atoms with Gasteiger partial charge in [0.25, 0.3) is 0 Å². The van der Waals surface area contributed by atoms with E-state index in [0.717, 1.165) is 11.3 Å². The summed E-state index contributed by atoms with van der Waals surface area (Å²) >= 11 is 5.08. The first-order valence-corrected chi connectivity index (χ1v) is 9.56. The molecule has 0 bridgehead atoms. The molecule has 26 heavy (non-hydrogen) atoms. The van der Waals surface area contributed by atoms with E-state index in [1.807, 2.05) is 39.8 Å². The molecule has 0 fully saturated rings. The number of aromatic nitrogens is 2. The largest absolute Gasteiger partial charge is 0.328 e. The Labute approximate surface area is 164 Å². The van der Waals surface area contributed by atoms with Crippen LogP contribution in [0.25, 0.3) is 0 Å². The molecule has 2 aromatic rings. The minimum atomic E-state index is -0.0666. The highest BCUT2D eigenvalue weighted by Crippen LogP contribution is 2.04. The molecule has 0 aliphatic carbocycles. The summed E-state index contributed by atoms with van der Waals surface area (Å²) in [6.45, 7) is 10.0. The summed E-state index contributed by atoms with van der Waals surface area (Å²) in [4.78, 5) is 11.4. The molecule has 1 aromatic carbocycles. The number of rotatable bonds is 3. The van der Waals surface area contributed by atoms with Crippen molar-refractivity contribution in [2.75, 3.05) is 0 Å². The van der Waals surface area contributed by atoms with Gasteiger partial charge in [-0.3, -0.25) is 4.57 Å². The highest BCUT2D eigenvalue weighted by atomic mass is 32.1. The van der Waals surface area contributed by atoms with E-state index < -0.39 is 0 Å². The zero-order valence-electron chi connectivity index (χ0n) is 17.4. The summed E-state index contributed by atoms with van der Waals surface area (Å²) in [5, 5.41) is 0. The second-order valence-electron chi connectivity index (χ2n) is 6.17. The number of unbranched alkanes of at least 4 members (excludes halogenated alkanes) is 1. The number of allylic oxidation sites excluding steroid dienone is 2. The Morgan fingerprint density at radius 3 is 2.00 bits per heavy atom. The molecule has 144 valence electrons. The lowest BCUT2D eigenvalue weighted by Crippen LogP contribution is -2.29. The lowest BCUT2D eigenvalue weighted by atomic mass is 10.1. The van der Waals surface area contributed by atoms with Gasteiger partial charge in [-0.1, -0.05) is 68.0 Å². The van der Waals surface area contributed by atoms with Crippen LogP contribution in [0.3, 0.4) is 0 Å². The molecule has 0 aliphatic heterocycles. The maximum atomic E-state index is 11.4. The molecular weight excluding hydrogens is 340 g/mol. The Morgan fingerprint density at radius 2 is 1.54 bits per heavy atom. The summed E-state index contributed by atoms with van der Waals surface area (Å²) in [6.07, 6.45) is 7.83. The third kappa shape index (κ3) is 7.96. The molecule has 0 aliphatic rings. The van der Waals surface area contributed by atoms with Crippen LogP contribution >= 0.6 is 12.2 Å². The third-order valence-electron chi connectivity index (χ3n) is 4.24. The SMILES string of the molecule is C/C=C\C.CCCCc1ccccc1.Cc1c(C)n(C)c(=O)n(C)c1=S. The molecule has 0 saturated heterocycles. The van der Waals surface area contributed by atoms with Gasteiger partial charge in [0.05, 0.1) is 0 Å². The molecule has 3 nitrogen and oxygen atoms in total. The highest BCUT2D eigenvalue weighted by Gasteiger charge is 2.03. The highest BCUT2D eigenvalue weighted by molar-refractivity contribution is 7.71. The van der Waals surface area contributed by atoms with Gasteiger partial charge in [0, 0.05) is 25.4 Å². The van der Waals surface area contributed by atoms with Crippen molar-refractivity contribution in [2.24, 2.45) is 14.1 Å². The van der Waals surface area contributed by atoms with E-state index in [9.17, 15) is 4.79 Å². The van der Waals surface area contributed by atoms with E-state index in [1.165, 1.54) is 29.4 Å². The Kier molecular flexibility index (Phi) is 12.3. The van der Waals surface area contributed by atoms with Gasteiger partial charge in [0.1, 0.15) is 4.64 Å². The summed E-state index contributed by atoms with van der Waals surface area (Å²) in [5.41, 5.74) is 3.32. The van der Waals surface area contributed by atoms with Gasteiger partial charge >= 0.3 is 5.69 Å². The molecule has 0 spiro atoms. The Balaban J connectivity index is 0.000000405. The van der Waals surface area contributed by atoms with Gasteiger partial charge in [0.15, 0.2) is 0 Å². The molecule has 0 unspecified atom stereocenters. The zero-order chi connectivity index (χ0) is 20.1. The van der Waals surface area contributed by atoms with Crippen LogP contribution < -0.4 is 5.69 Å². The van der Waals surface area contributed by atoms with Crippen LogP contribution in [-0.2, 0) is 20.5 Å². The summed E-state index contributed by atoms with van der Waals surface area (Å²) in [5.74, 6) is 0. The second-order valence-corrected chi connectivity index (χ2v) is 6.56. The first kappa shape index (κ1) is 24.1. The van der Waals surface area contributed by atoms with Crippen LogP contribution in [-0.4, -0.2) is 9.13 Å². The lowest BCUT2D eigenvalue weighted by Gasteiger charge is -2.09. The Morgan fingerprint density at radius 1 is 1.00 bits per heavy atom. The van der Waals surface area contributed by atoms with Gasteiger partial charge in [0.2, 0.25) is 0 Å². The van der Waals surface area contributed by atoms with Crippen LogP contribution in [0.15, 0.2) is 47.3 Å². The predicted molar refractivity (Wildman–Crippen MR) is 117 cm³/mol. The maximum absolute atomic E-state index is 11.4. The van der Waals surface area contributed by atoms with E-state index in [1.54, 1.807) is 18.7 Å². The quantitative estimate of drug-likeness (QED) is 0.510. The average Bonchev–Trinajstić information content (AvgIpc) is 2.69. The molecule has 0 radical (unpaired) electrons. The van der Waals surface area contributed by atoms with E-state index in [2.05, 4.69) is 37.3 Å². The molecule has 2 rings (SSSR count). The topological polar surface area (TPSA) is 26.9 Å². The molecule has 0 saturated carbocycles. The summed E-state index contributed by atoms with van der Waals surface area (Å²) < 4.78 is 3.71. The van der Waals surface area contributed by atoms with Crippen LogP contribution in [0.1, 0.15) is 50.4 Å². The van der Waals surface area contributed by atoms with Crippen molar-refractivity contribution in [3.05, 3.63) is 74.4 Å². The van der Waals surface area contributed by atoms with Crippen molar-refractivity contribution >= 4 is 12.2 Å². The van der Waals surface area contributed by atoms with Crippen molar-refractivity contribution in [1.82, 2.24) is 9.13 Å². The fourth-order valence-electron chi connectivity index (χ4n) is 2.14. The molecule has 1 aromatic heterocycles. The smallest absolute Gasteiger partial charge is 0.301 e. The lowest BCUT2D eigenvalue weighted by molar-refractivity contribution is 0.670. The van der Waals surface area contributed by atoms with E-state index >= 15 is 0 Å². The van der Waals surface area contributed by atoms with E-state index in [-0.39, 0.29) is 5.69 Å². The molecule has 4 heteroatoms. The third-order valence-corrected chi connectivity index (χ3v) is 4.82. The van der Waals surface area contributed by atoms with Gasteiger partial charge < -0.3 is 4.57 Å². The van der Waals surface area contributed by atoms with Crippen molar-refractivity contribution in [2.45, 2.75) is 53.9 Å². The van der Waals surface area contributed by atoms with Gasteiger partial charge in [-0.2, -0.15) is 0 Å². The standard InChI is InChI=1S/C10H14.C8H12N2OS.C4H8/c1-2-3-7-10-8-5-4-6-9-10;1-5-6(2)9(3)8(11)10(4)7(5)12;1-3-4-2/h4-6,8-9H,2-3,7H2,1H3;1-4H3;3-4H,1-2H3/b;;4-3-. The minimum absolute atomic E-state index is 0.0666. The van der Waals surface area contributed by atoms with Gasteiger partial charge in [-0.25, -0.2) is 4.79 Å². The predicted octanol–water partition coefficient (Wildman–Crippen LogP) is 5.68. The molecular formula is C22H34N2OS. The maximum Gasteiger partial charge on any atom is 0.328 e. The molecule has 0 N–H and O–H groups in total. The molecule has 0 atom stereocenters. The monoisotopic (exact) mass is 374 g/mol. The van der Waals surface area contributed by atoms with Crippen LogP contribution in [0.2, 0.25) is 0 Å². The first-order valence-electron chi connectivity index (χ1n) is 9.16. The van der Waals surface area contributed by atoms with Crippen molar-refractivity contribution < 1.29 is 0 Å². The zero-order valence-corrected chi connectivity index (χ0v) is 18.2. The number of hydrogen-bond acceptors (Lipinski definition) is 2.